The van der Waals surface area contributed by atoms with Crippen molar-refractivity contribution in [3.8, 4) is 56.4 Å². The molecule has 1 aliphatic carbocycles. The molecule has 52 heavy (non-hydrogen) atoms. The van der Waals surface area contributed by atoms with E-state index in [0.29, 0.717) is 23.4 Å². The monoisotopic (exact) mass is 683 g/mol. The molecule has 0 aliphatic heterocycles. The molecule has 9 aromatic rings. The summed E-state index contributed by atoms with van der Waals surface area (Å²) in [5, 5.41) is 6.00. The van der Waals surface area contributed by atoms with Gasteiger partial charge in [0.15, 0.2) is 17.5 Å². The van der Waals surface area contributed by atoms with Crippen LogP contribution in [0.2, 0.25) is 0 Å². The van der Waals surface area contributed by atoms with Gasteiger partial charge in [0.25, 0.3) is 0 Å². The Labute approximate surface area is 306 Å². The van der Waals surface area contributed by atoms with Crippen molar-refractivity contribution in [2.75, 3.05) is 0 Å². The number of benzene rings is 7. The first-order valence-corrected chi connectivity index (χ1v) is 18.7. The molecule has 1 aliphatic rings. The van der Waals surface area contributed by atoms with Crippen LogP contribution in [-0.2, 0) is 0 Å². The van der Waals surface area contributed by atoms with Crippen molar-refractivity contribution < 1.29 is 0 Å². The summed E-state index contributed by atoms with van der Waals surface area (Å²) in [6.45, 7) is 2.32. The van der Waals surface area contributed by atoms with E-state index >= 15 is 0 Å². The lowest BCUT2D eigenvalue weighted by molar-refractivity contribution is 0.791. The lowest BCUT2D eigenvalue weighted by atomic mass is 9.93. The Hall–Kier alpha value is -6.23. The standard InChI is InChI=1S/C48H33N3S/c1-30-13-11-22-39-40-23-12-24-43(45(40)52-44(30)39)48-50-46(41-21-10-7-18-35(41)32-15-3-2-4-16-32)49-47(51-48)42-28-27-36(37-19-8-9-20-38(37)42)34-26-25-31-14-5-6-17-33(31)29-34/h2-12,14-30H,13H2,1H3. The fourth-order valence-electron chi connectivity index (χ4n) is 7.76. The van der Waals surface area contributed by atoms with Crippen LogP contribution in [0, 0.1) is 0 Å². The molecule has 0 spiro atoms. The Kier molecular flexibility index (Phi) is 7.36. The number of aromatic nitrogens is 3. The molecule has 1 atom stereocenters. The Morgan fingerprint density at radius 1 is 0.481 bits per heavy atom. The van der Waals surface area contributed by atoms with Gasteiger partial charge in [-0.3, -0.25) is 0 Å². The van der Waals surface area contributed by atoms with E-state index in [1.165, 1.54) is 42.4 Å². The van der Waals surface area contributed by atoms with E-state index in [4.69, 9.17) is 15.0 Å². The first kappa shape index (κ1) is 30.6. The van der Waals surface area contributed by atoms with Gasteiger partial charge in [-0.2, -0.15) is 0 Å². The highest BCUT2D eigenvalue weighted by Gasteiger charge is 2.23. The zero-order valence-electron chi connectivity index (χ0n) is 28.6. The first-order valence-electron chi connectivity index (χ1n) is 17.8. The molecule has 0 amide bonds. The summed E-state index contributed by atoms with van der Waals surface area (Å²) in [6, 6.07) is 53.8. The van der Waals surface area contributed by atoms with Crippen LogP contribution >= 0.6 is 11.3 Å². The Bertz CT molecular complexity index is 2850. The number of allylic oxidation sites excluding steroid dienone is 1. The molecule has 0 N–H and O–H groups in total. The van der Waals surface area contributed by atoms with E-state index in [0.717, 1.165) is 45.0 Å². The summed E-state index contributed by atoms with van der Waals surface area (Å²) in [7, 11) is 0. The summed E-state index contributed by atoms with van der Waals surface area (Å²) in [6.07, 6.45) is 5.66. The highest BCUT2D eigenvalue weighted by molar-refractivity contribution is 7.20. The minimum absolute atomic E-state index is 0.486. The van der Waals surface area contributed by atoms with Gasteiger partial charge in [-0.25, -0.2) is 15.0 Å². The highest BCUT2D eigenvalue weighted by Crippen LogP contribution is 2.45. The zero-order valence-corrected chi connectivity index (χ0v) is 29.4. The molecule has 3 nitrogen and oxygen atoms in total. The predicted octanol–water partition coefficient (Wildman–Crippen LogP) is 13.2. The number of nitrogens with zero attached hydrogens (tertiary/aromatic N) is 3. The quantitative estimate of drug-likeness (QED) is 0.181. The number of rotatable bonds is 5. The topological polar surface area (TPSA) is 38.7 Å². The second kappa shape index (κ2) is 12.5. The van der Waals surface area contributed by atoms with Crippen molar-refractivity contribution in [1.29, 1.82) is 0 Å². The van der Waals surface area contributed by atoms with Crippen molar-refractivity contribution in [2.45, 2.75) is 19.3 Å². The number of hydrogen-bond acceptors (Lipinski definition) is 4. The van der Waals surface area contributed by atoms with Crippen LogP contribution in [0.25, 0.3) is 94.1 Å². The average molecular weight is 684 g/mol. The van der Waals surface area contributed by atoms with Crippen LogP contribution in [0.1, 0.15) is 29.7 Å². The third kappa shape index (κ3) is 5.14. The average Bonchev–Trinajstić information content (AvgIpc) is 3.61. The molecular formula is C48H33N3S. The summed E-state index contributed by atoms with van der Waals surface area (Å²) >= 11 is 1.88. The van der Waals surface area contributed by atoms with Gasteiger partial charge < -0.3 is 0 Å². The maximum atomic E-state index is 5.34. The highest BCUT2D eigenvalue weighted by atomic mass is 32.1. The van der Waals surface area contributed by atoms with E-state index in [-0.39, 0.29) is 0 Å². The third-order valence-corrected chi connectivity index (χ3v) is 11.8. The van der Waals surface area contributed by atoms with Crippen LogP contribution in [0.5, 0.6) is 0 Å². The Morgan fingerprint density at radius 3 is 1.92 bits per heavy atom. The lowest BCUT2D eigenvalue weighted by Crippen LogP contribution is -2.02. The normalized spacial score (nSPS) is 13.9. The van der Waals surface area contributed by atoms with E-state index in [1.54, 1.807) is 0 Å². The number of thiophene rings is 1. The summed E-state index contributed by atoms with van der Waals surface area (Å²) in [4.78, 5) is 17.4. The van der Waals surface area contributed by atoms with E-state index in [2.05, 4.69) is 171 Å². The molecular weight excluding hydrogens is 651 g/mol. The molecule has 0 fully saturated rings. The second-order valence-corrected chi connectivity index (χ2v) is 14.6. The SMILES string of the molecule is CC1CC=Cc2c1sc1c(-c3nc(-c4ccccc4-c4ccccc4)nc(-c4ccc(-c5ccc6ccccc6c5)c5ccccc45)n3)cccc21. The number of fused-ring (bicyclic) bond motifs is 5. The molecule has 2 heterocycles. The van der Waals surface area contributed by atoms with Gasteiger partial charge in [0.2, 0.25) is 0 Å². The Morgan fingerprint density at radius 2 is 1.10 bits per heavy atom. The van der Waals surface area contributed by atoms with Crippen LogP contribution in [0.15, 0.2) is 158 Å². The zero-order chi connectivity index (χ0) is 34.6. The van der Waals surface area contributed by atoms with Crippen LogP contribution in [-0.4, -0.2) is 15.0 Å². The molecule has 0 radical (unpaired) electrons. The van der Waals surface area contributed by atoms with Gasteiger partial charge in [-0.1, -0.05) is 153 Å². The molecule has 2 aromatic heterocycles. The van der Waals surface area contributed by atoms with Crippen molar-refractivity contribution in [3.05, 3.63) is 168 Å². The van der Waals surface area contributed by atoms with Crippen molar-refractivity contribution in [1.82, 2.24) is 15.0 Å². The van der Waals surface area contributed by atoms with Crippen LogP contribution in [0.4, 0.5) is 0 Å². The van der Waals surface area contributed by atoms with E-state index < -0.39 is 0 Å². The summed E-state index contributed by atoms with van der Waals surface area (Å²) in [5.41, 5.74) is 8.92. The second-order valence-electron chi connectivity index (χ2n) is 13.6. The van der Waals surface area contributed by atoms with Crippen molar-refractivity contribution in [3.63, 3.8) is 0 Å². The fourth-order valence-corrected chi connectivity index (χ4v) is 9.12. The maximum Gasteiger partial charge on any atom is 0.165 e. The van der Waals surface area contributed by atoms with Gasteiger partial charge in [0.1, 0.15) is 0 Å². The summed E-state index contributed by atoms with van der Waals surface area (Å²) < 4.78 is 1.22. The molecule has 7 aromatic carbocycles. The molecule has 0 saturated heterocycles. The van der Waals surface area contributed by atoms with Gasteiger partial charge in [0.05, 0.1) is 0 Å². The van der Waals surface area contributed by atoms with Gasteiger partial charge in [-0.15, -0.1) is 11.3 Å². The molecule has 0 bridgehead atoms. The molecule has 1 unspecified atom stereocenters. The lowest BCUT2D eigenvalue weighted by Gasteiger charge is -2.15. The van der Waals surface area contributed by atoms with Crippen LogP contribution in [0.3, 0.4) is 0 Å². The molecule has 0 saturated carbocycles. The maximum absolute atomic E-state index is 5.34. The fraction of sp³-hybridized carbons (Fsp3) is 0.0625. The number of hydrogen-bond donors (Lipinski definition) is 0. The van der Waals surface area contributed by atoms with E-state index in [9.17, 15) is 0 Å². The predicted molar refractivity (Wildman–Crippen MR) is 219 cm³/mol. The van der Waals surface area contributed by atoms with Gasteiger partial charge >= 0.3 is 0 Å². The van der Waals surface area contributed by atoms with E-state index in [1.807, 2.05) is 11.3 Å². The minimum Gasteiger partial charge on any atom is -0.208 e. The smallest absolute Gasteiger partial charge is 0.165 e. The summed E-state index contributed by atoms with van der Waals surface area (Å²) in [5.74, 6) is 2.50. The van der Waals surface area contributed by atoms with Crippen molar-refractivity contribution >= 4 is 49.0 Å². The van der Waals surface area contributed by atoms with Gasteiger partial charge in [-0.05, 0) is 79.9 Å². The molecule has 10 rings (SSSR count). The molecule has 4 heteroatoms. The van der Waals surface area contributed by atoms with Gasteiger partial charge in [0, 0.05) is 31.7 Å². The minimum atomic E-state index is 0.486. The van der Waals surface area contributed by atoms with Crippen LogP contribution < -0.4 is 0 Å². The largest absolute Gasteiger partial charge is 0.208 e. The van der Waals surface area contributed by atoms with Crippen molar-refractivity contribution in [2.24, 2.45) is 0 Å². The third-order valence-electron chi connectivity index (χ3n) is 10.4. The Balaban J connectivity index is 1.22. The first-order chi connectivity index (χ1) is 25.7. The molecule has 246 valence electrons.